The van der Waals surface area contributed by atoms with Gasteiger partial charge in [0.1, 0.15) is 5.03 Å². The molecule has 0 aliphatic rings. The van der Waals surface area contributed by atoms with Gasteiger partial charge < -0.3 is 5.73 Å². The van der Waals surface area contributed by atoms with E-state index in [9.17, 15) is 0 Å². The lowest BCUT2D eigenvalue weighted by Gasteiger charge is -2.09. The number of thioether (sulfide) groups is 1. The van der Waals surface area contributed by atoms with Crippen LogP contribution in [0.2, 0.25) is 0 Å². The molecule has 0 saturated heterocycles. The van der Waals surface area contributed by atoms with Crippen molar-refractivity contribution < 1.29 is 0 Å². The van der Waals surface area contributed by atoms with Crippen molar-refractivity contribution in [2.24, 2.45) is 11.7 Å². The Kier molecular flexibility index (Phi) is 4.98. The van der Waals surface area contributed by atoms with Crippen molar-refractivity contribution in [3.63, 3.8) is 0 Å². The number of hydrogen-bond donors (Lipinski definition) is 1. The van der Waals surface area contributed by atoms with E-state index < -0.39 is 0 Å². The van der Waals surface area contributed by atoms with Gasteiger partial charge in [0.15, 0.2) is 0 Å². The van der Waals surface area contributed by atoms with Crippen molar-refractivity contribution in [2.75, 3.05) is 5.75 Å². The van der Waals surface area contributed by atoms with Crippen molar-refractivity contribution in [1.29, 1.82) is 0 Å². The topological polar surface area (TPSA) is 38.9 Å². The molecule has 78 valence electrons. The minimum Gasteiger partial charge on any atom is -0.326 e. The Hall–Kier alpha value is -0.540. The number of hydrogen-bond acceptors (Lipinski definition) is 3. The van der Waals surface area contributed by atoms with Crippen molar-refractivity contribution in [1.82, 2.24) is 4.98 Å². The van der Waals surface area contributed by atoms with E-state index in [1.54, 1.807) is 0 Å². The Labute approximate surface area is 90.3 Å². The molecule has 0 fully saturated rings. The van der Waals surface area contributed by atoms with Gasteiger partial charge in [0, 0.05) is 18.5 Å². The van der Waals surface area contributed by atoms with E-state index >= 15 is 0 Å². The molecule has 14 heavy (non-hydrogen) atoms. The van der Waals surface area contributed by atoms with Crippen LogP contribution in [0.4, 0.5) is 0 Å². The second-order valence-corrected chi connectivity index (χ2v) is 4.50. The van der Waals surface area contributed by atoms with Gasteiger partial charge in [-0.1, -0.05) is 26.3 Å². The van der Waals surface area contributed by atoms with Crippen LogP contribution in [0.15, 0.2) is 23.4 Å². The average molecular weight is 210 g/mol. The van der Waals surface area contributed by atoms with Gasteiger partial charge in [0.2, 0.25) is 0 Å². The van der Waals surface area contributed by atoms with Crippen LogP contribution in [-0.2, 0) is 6.54 Å². The summed E-state index contributed by atoms with van der Waals surface area (Å²) in [5.74, 6) is 1.87. The van der Waals surface area contributed by atoms with E-state index in [4.69, 9.17) is 5.73 Å². The van der Waals surface area contributed by atoms with Crippen LogP contribution in [0.5, 0.6) is 0 Å². The maximum atomic E-state index is 5.64. The first kappa shape index (κ1) is 11.5. The molecule has 0 spiro atoms. The molecule has 1 unspecified atom stereocenters. The predicted molar refractivity (Wildman–Crippen MR) is 62.3 cm³/mol. The van der Waals surface area contributed by atoms with Gasteiger partial charge in [-0.2, -0.15) is 0 Å². The Morgan fingerprint density at radius 3 is 3.00 bits per heavy atom. The Bertz CT molecular complexity index is 276. The van der Waals surface area contributed by atoms with Gasteiger partial charge >= 0.3 is 0 Å². The second kappa shape index (κ2) is 6.04. The van der Waals surface area contributed by atoms with Crippen molar-refractivity contribution in [2.45, 2.75) is 31.8 Å². The smallest absolute Gasteiger partial charge is 0.100 e. The molecule has 1 heterocycles. The normalized spacial score (nSPS) is 12.8. The quantitative estimate of drug-likeness (QED) is 0.759. The number of nitrogens with zero attached hydrogens (tertiary/aromatic N) is 1. The van der Waals surface area contributed by atoms with Crippen LogP contribution in [0, 0.1) is 5.92 Å². The summed E-state index contributed by atoms with van der Waals surface area (Å²) in [6, 6.07) is 3.99. The summed E-state index contributed by atoms with van der Waals surface area (Å²) < 4.78 is 0. The van der Waals surface area contributed by atoms with E-state index in [0.29, 0.717) is 6.54 Å². The lowest BCUT2D eigenvalue weighted by atomic mass is 10.2. The first-order chi connectivity index (χ1) is 6.77. The number of aromatic nitrogens is 1. The summed E-state index contributed by atoms with van der Waals surface area (Å²) in [6.07, 6.45) is 3.05. The fraction of sp³-hybridized carbons (Fsp3) is 0.545. The second-order valence-electron chi connectivity index (χ2n) is 3.50. The van der Waals surface area contributed by atoms with Gasteiger partial charge in [-0.25, -0.2) is 4.98 Å². The highest BCUT2D eigenvalue weighted by atomic mass is 32.2. The molecule has 0 aliphatic heterocycles. The molecular weight excluding hydrogens is 192 g/mol. The molecule has 3 heteroatoms. The third kappa shape index (κ3) is 3.31. The van der Waals surface area contributed by atoms with Crippen molar-refractivity contribution in [3.05, 3.63) is 23.9 Å². The zero-order valence-electron chi connectivity index (χ0n) is 8.86. The summed E-state index contributed by atoms with van der Waals surface area (Å²) in [6.45, 7) is 5.06. The van der Waals surface area contributed by atoms with Gasteiger partial charge in [0.05, 0.1) is 0 Å². The highest BCUT2D eigenvalue weighted by Gasteiger charge is 2.04. The molecule has 1 aromatic heterocycles. The molecule has 1 aromatic rings. The fourth-order valence-corrected chi connectivity index (χ4v) is 2.20. The molecule has 0 radical (unpaired) electrons. The molecule has 0 aromatic carbocycles. The third-order valence-corrected chi connectivity index (χ3v) is 3.65. The number of rotatable bonds is 5. The van der Waals surface area contributed by atoms with E-state index in [0.717, 1.165) is 22.3 Å². The molecule has 0 aliphatic carbocycles. The highest BCUT2D eigenvalue weighted by Crippen LogP contribution is 2.22. The van der Waals surface area contributed by atoms with Crippen molar-refractivity contribution in [3.8, 4) is 0 Å². The van der Waals surface area contributed by atoms with E-state index in [1.165, 1.54) is 6.42 Å². The third-order valence-electron chi connectivity index (χ3n) is 2.27. The standard InChI is InChI=1S/C11H18N2S/c1-3-9(2)8-14-11-10(7-12)5-4-6-13-11/h4-6,9H,3,7-8,12H2,1-2H3. The molecule has 0 saturated carbocycles. The summed E-state index contributed by atoms with van der Waals surface area (Å²) in [7, 11) is 0. The molecule has 0 bridgehead atoms. The fourth-order valence-electron chi connectivity index (χ4n) is 1.05. The van der Waals surface area contributed by atoms with Crippen LogP contribution >= 0.6 is 11.8 Å². The first-order valence-electron chi connectivity index (χ1n) is 5.04. The van der Waals surface area contributed by atoms with Crippen LogP contribution in [-0.4, -0.2) is 10.7 Å². The van der Waals surface area contributed by atoms with Gasteiger partial charge in [-0.3, -0.25) is 0 Å². The summed E-state index contributed by atoms with van der Waals surface area (Å²) in [4.78, 5) is 4.34. The summed E-state index contributed by atoms with van der Waals surface area (Å²) in [5.41, 5.74) is 6.79. The molecule has 2 nitrogen and oxygen atoms in total. The lowest BCUT2D eigenvalue weighted by molar-refractivity contribution is 0.636. The number of nitrogens with two attached hydrogens (primary N) is 1. The zero-order chi connectivity index (χ0) is 10.4. The molecular formula is C11H18N2S. The van der Waals surface area contributed by atoms with Crippen LogP contribution in [0.3, 0.4) is 0 Å². The highest BCUT2D eigenvalue weighted by molar-refractivity contribution is 7.99. The van der Waals surface area contributed by atoms with Gasteiger partial charge in [0.25, 0.3) is 0 Å². The number of pyridine rings is 1. The van der Waals surface area contributed by atoms with E-state index in [1.807, 2.05) is 30.1 Å². The monoisotopic (exact) mass is 210 g/mol. The largest absolute Gasteiger partial charge is 0.326 e. The SMILES string of the molecule is CCC(C)CSc1ncccc1CN. The van der Waals surface area contributed by atoms with Crippen molar-refractivity contribution >= 4 is 11.8 Å². The van der Waals surface area contributed by atoms with Crippen LogP contribution < -0.4 is 5.73 Å². The molecule has 2 N–H and O–H groups in total. The minimum atomic E-state index is 0.580. The maximum absolute atomic E-state index is 5.64. The average Bonchev–Trinajstić information content (AvgIpc) is 2.26. The summed E-state index contributed by atoms with van der Waals surface area (Å²) in [5, 5.41) is 1.09. The Morgan fingerprint density at radius 2 is 2.36 bits per heavy atom. The molecule has 0 amide bonds. The predicted octanol–water partition coefficient (Wildman–Crippen LogP) is 2.68. The lowest BCUT2D eigenvalue weighted by Crippen LogP contribution is -2.02. The molecule has 1 atom stereocenters. The van der Waals surface area contributed by atoms with Gasteiger partial charge in [-0.15, -0.1) is 11.8 Å². The van der Waals surface area contributed by atoms with E-state index in [2.05, 4.69) is 18.8 Å². The van der Waals surface area contributed by atoms with E-state index in [-0.39, 0.29) is 0 Å². The first-order valence-corrected chi connectivity index (χ1v) is 6.03. The van der Waals surface area contributed by atoms with Gasteiger partial charge in [-0.05, 0) is 17.5 Å². The molecule has 1 rings (SSSR count). The Balaban J connectivity index is 2.57. The Morgan fingerprint density at radius 1 is 1.57 bits per heavy atom. The van der Waals surface area contributed by atoms with Crippen LogP contribution in [0.25, 0.3) is 0 Å². The minimum absolute atomic E-state index is 0.580. The maximum Gasteiger partial charge on any atom is 0.100 e. The zero-order valence-corrected chi connectivity index (χ0v) is 9.68. The summed E-state index contributed by atoms with van der Waals surface area (Å²) >= 11 is 1.81. The van der Waals surface area contributed by atoms with Crippen LogP contribution in [0.1, 0.15) is 25.8 Å².